The fraction of sp³-hybridized carbons (Fsp3) is 0.438. The van der Waals surface area contributed by atoms with Gasteiger partial charge in [0, 0.05) is 30.9 Å². The average molecular weight is 273 g/mol. The molecule has 1 aromatic heterocycles. The predicted molar refractivity (Wildman–Crippen MR) is 81.9 cm³/mol. The molecule has 0 bridgehead atoms. The molecule has 1 aromatic carbocycles. The van der Waals surface area contributed by atoms with Crippen molar-refractivity contribution in [3.05, 3.63) is 30.2 Å². The number of nitrogens with zero attached hydrogens (tertiary/aromatic N) is 2. The lowest BCUT2D eigenvalue weighted by atomic mass is 9.98. The van der Waals surface area contributed by atoms with Gasteiger partial charge in [-0.25, -0.2) is 9.37 Å². The van der Waals surface area contributed by atoms with Gasteiger partial charge in [-0.3, -0.25) is 0 Å². The number of pyridine rings is 1. The largest absolute Gasteiger partial charge is 0.386 e. The van der Waals surface area contributed by atoms with E-state index >= 15 is 0 Å². The molecule has 0 radical (unpaired) electrons. The van der Waals surface area contributed by atoms with Crippen molar-refractivity contribution in [2.24, 2.45) is 5.92 Å². The number of benzene rings is 1. The molecule has 0 unspecified atom stereocenters. The van der Waals surface area contributed by atoms with E-state index in [1.165, 1.54) is 18.9 Å². The predicted octanol–water partition coefficient (Wildman–Crippen LogP) is 3.65. The molecular formula is C16H20FN3. The van der Waals surface area contributed by atoms with Crippen molar-refractivity contribution in [3.8, 4) is 0 Å². The highest BCUT2D eigenvalue weighted by Crippen LogP contribution is 2.32. The Kier molecular flexibility index (Phi) is 3.47. The quantitative estimate of drug-likeness (QED) is 0.905. The van der Waals surface area contributed by atoms with Crippen LogP contribution in [0.2, 0.25) is 0 Å². The standard InChI is InChI=1S/C16H20FN3/c1-11-5-7-20(8-6-11)16-14-9-12(17)3-4-13(14)15(18-2)10-19-16/h3-4,9-11,18H,5-8H2,1-2H3. The third-order valence-electron chi connectivity index (χ3n) is 4.18. The summed E-state index contributed by atoms with van der Waals surface area (Å²) in [5.74, 6) is 1.47. The molecular weight excluding hydrogens is 253 g/mol. The van der Waals surface area contributed by atoms with E-state index < -0.39 is 0 Å². The van der Waals surface area contributed by atoms with Crippen LogP contribution in [-0.4, -0.2) is 25.1 Å². The Hall–Kier alpha value is -1.84. The third kappa shape index (κ3) is 2.30. The summed E-state index contributed by atoms with van der Waals surface area (Å²) < 4.78 is 13.6. The van der Waals surface area contributed by atoms with Gasteiger partial charge >= 0.3 is 0 Å². The van der Waals surface area contributed by atoms with E-state index in [4.69, 9.17) is 0 Å². The number of nitrogens with one attached hydrogen (secondary N) is 1. The van der Waals surface area contributed by atoms with E-state index in [2.05, 4.69) is 22.1 Å². The number of piperidine rings is 1. The zero-order valence-electron chi connectivity index (χ0n) is 12.0. The first-order valence-corrected chi connectivity index (χ1v) is 7.20. The Balaban J connectivity index is 2.09. The van der Waals surface area contributed by atoms with E-state index in [-0.39, 0.29) is 5.82 Å². The fourth-order valence-electron chi connectivity index (χ4n) is 2.87. The zero-order valence-corrected chi connectivity index (χ0v) is 12.0. The zero-order chi connectivity index (χ0) is 14.1. The van der Waals surface area contributed by atoms with Crippen LogP contribution in [0.15, 0.2) is 24.4 Å². The molecule has 3 rings (SSSR count). The molecule has 0 aliphatic carbocycles. The van der Waals surface area contributed by atoms with Crippen LogP contribution in [0, 0.1) is 11.7 Å². The lowest BCUT2D eigenvalue weighted by Gasteiger charge is -2.32. The summed E-state index contributed by atoms with van der Waals surface area (Å²) >= 11 is 0. The Labute approximate surface area is 118 Å². The molecule has 0 atom stereocenters. The van der Waals surface area contributed by atoms with Crippen molar-refractivity contribution < 1.29 is 4.39 Å². The second-order valence-corrected chi connectivity index (χ2v) is 5.60. The van der Waals surface area contributed by atoms with Crippen LogP contribution in [0.3, 0.4) is 0 Å². The summed E-state index contributed by atoms with van der Waals surface area (Å²) in [7, 11) is 1.86. The number of anilines is 2. The van der Waals surface area contributed by atoms with Gasteiger partial charge in [-0.1, -0.05) is 6.92 Å². The summed E-state index contributed by atoms with van der Waals surface area (Å²) in [5, 5.41) is 5.04. The molecule has 0 amide bonds. The van der Waals surface area contributed by atoms with Gasteiger partial charge in [0.2, 0.25) is 0 Å². The smallest absolute Gasteiger partial charge is 0.136 e. The second-order valence-electron chi connectivity index (χ2n) is 5.60. The molecule has 1 fully saturated rings. The van der Waals surface area contributed by atoms with Gasteiger partial charge < -0.3 is 10.2 Å². The Bertz CT molecular complexity index is 618. The van der Waals surface area contributed by atoms with Crippen LogP contribution in [0.25, 0.3) is 10.8 Å². The molecule has 3 nitrogen and oxygen atoms in total. The normalized spacial score (nSPS) is 16.6. The monoisotopic (exact) mass is 273 g/mol. The lowest BCUT2D eigenvalue weighted by molar-refractivity contribution is 0.437. The highest BCUT2D eigenvalue weighted by atomic mass is 19.1. The minimum absolute atomic E-state index is 0.209. The van der Waals surface area contributed by atoms with E-state index in [0.29, 0.717) is 0 Å². The molecule has 0 spiro atoms. The van der Waals surface area contributed by atoms with E-state index in [1.807, 2.05) is 19.3 Å². The van der Waals surface area contributed by atoms with E-state index in [1.54, 1.807) is 6.07 Å². The molecule has 1 N–H and O–H groups in total. The Morgan fingerprint density at radius 3 is 2.70 bits per heavy atom. The SMILES string of the molecule is CNc1cnc(N2CCC(C)CC2)c2cc(F)ccc12. The minimum Gasteiger partial charge on any atom is -0.386 e. The fourth-order valence-corrected chi connectivity index (χ4v) is 2.87. The van der Waals surface area contributed by atoms with Crippen LogP contribution in [0.4, 0.5) is 15.9 Å². The van der Waals surface area contributed by atoms with Crippen LogP contribution >= 0.6 is 0 Å². The number of hydrogen-bond acceptors (Lipinski definition) is 3. The summed E-state index contributed by atoms with van der Waals surface area (Å²) in [6.45, 7) is 4.28. The summed E-state index contributed by atoms with van der Waals surface area (Å²) in [4.78, 5) is 6.84. The lowest BCUT2D eigenvalue weighted by Crippen LogP contribution is -2.33. The second kappa shape index (κ2) is 5.27. The maximum Gasteiger partial charge on any atom is 0.136 e. The van der Waals surface area contributed by atoms with Crippen LogP contribution in [-0.2, 0) is 0 Å². The van der Waals surface area contributed by atoms with Gasteiger partial charge in [-0.15, -0.1) is 0 Å². The van der Waals surface area contributed by atoms with Crippen LogP contribution < -0.4 is 10.2 Å². The average Bonchev–Trinajstić information content (AvgIpc) is 2.47. The van der Waals surface area contributed by atoms with Crippen molar-refractivity contribution in [2.45, 2.75) is 19.8 Å². The Morgan fingerprint density at radius 1 is 1.25 bits per heavy atom. The molecule has 1 aliphatic rings. The number of hydrogen-bond donors (Lipinski definition) is 1. The van der Waals surface area contributed by atoms with Crippen LogP contribution in [0.1, 0.15) is 19.8 Å². The van der Waals surface area contributed by atoms with Crippen molar-refractivity contribution in [1.29, 1.82) is 0 Å². The maximum absolute atomic E-state index is 13.6. The molecule has 2 aromatic rings. The molecule has 4 heteroatoms. The number of halogens is 1. The van der Waals surface area contributed by atoms with Crippen LogP contribution in [0.5, 0.6) is 0 Å². The molecule has 20 heavy (non-hydrogen) atoms. The number of aromatic nitrogens is 1. The van der Waals surface area contributed by atoms with E-state index in [9.17, 15) is 4.39 Å². The third-order valence-corrected chi connectivity index (χ3v) is 4.18. The minimum atomic E-state index is -0.209. The number of fused-ring (bicyclic) bond motifs is 1. The van der Waals surface area contributed by atoms with Gasteiger partial charge in [-0.2, -0.15) is 0 Å². The van der Waals surface area contributed by atoms with Gasteiger partial charge in [0.25, 0.3) is 0 Å². The summed E-state index contributed by atoms with van der Waals surface area (Å²) in [6.07, 6.45) is 4.19. The first-order valence-electron chi connectivity index (χ1n) is 7.20. The molecule has 0 saturated carbocycles. The Morgan fingerprint density at radius 2 is 2.00 bits per heavy atom. The van der Waals surface area contributed by atoms with Gasteiger partial charge in [0.05, 0.1) is 11.9 Å². The van der Waals surface area contributed by atoms with Gasteiger partial charge in [0.1, 0.15) is 11.6 Å². The molecule has 2 heterocycles. The van der Waals surface area contributed by atoms with Crippen molar-refractivity contribution in [1.82, 2.24) is 4.98 Å². The molecule has 106 valence electrons. The first kappa shape index (κ1) is 13.2. The van der Waals surface area contributed by atoms with Gasteiger partial charge in [-0.05, 0) is 37.0 Å². The first-order chi connectivity index (χ1) is 9.69. The highest BCUT2D eigenvalue weighted by Gasteiger charge is 2.19. The van der Waals surface area contributed by atoms with Crippen molar-refractivity contribution in [3.63, 3.8) is 0 Å². The highest BCUT2D eigenvalue weighted by molar-refractivity contribution is 6.00. The van der Waals surface area contributed by atoms with E-state index in [0.717, 1.165) is 41.3 Å². The molecule has 1 saturated heterocycles. The maximum atomic E-state index is 13.6. The van der Waals surface area contributed by atoms with Crippen molar-refractivity contribution in [2.75, 3.05) is 30.4 Å². The summed E-state index contributed by atoms with van der Waals surface area (Å²) in [5.41, 5.74) is 0.939. The van der Waals surface area contributed by atoms with Crippen molar-refractivity contribution >= 4 is 22.3 Å². The van der Waals surface area contributed by atoms with Gasteiger partial charge in [0.15, 0.2) is 0 Å². The molecule has 1 aliphatic heterocycles. The summed E-state index contributed by atoms with van der Waals surface area (Å²) in [6, 6.07) is 4.93. The topological polar surface area (TPSA) is 28.2 Å². The number of rotatable bonds is 2.